The van der Waals surface area contributed by atoms with Gasteiger partial charge in [-0.2, -0.15) is 0 Å². The second-order valence-corrected chi connectivity index (χ2v) is 4.25. The third-order valence-electron chi connectivity index (χ3n) is 1.96. The number of nitrogens with zero attached hydrogens (tertiary/aromatic N) is 2. The number of halogens is 1. The lowest BCUT2D eigenvalue weighted by molar-refractivity contribution is 0.602. The number of nitrogens with two attached hydrogens (primary N) is 1. The summed E-state index contributed by atoms with van der Waals surface area (Å²) in [6, 6.07) is 6.44. The molecule has 0 bridgehead atoms. The summed E-state index contributed by atoms with van der Waals surface area (Å²) >= 11 is 1.17. The summed E-state index contributed by atoms with van der Waals surface area (Å²) in [5.41, 5.74) is 5.56. The number of amidine groups is 1. The van der Waals surface area contributed by atoms with E-state index in [1.807, 2.05) is 0 Å². The minimum Gasteiger partial charge on any atom is -0.382 e. The molecule has 2 rings (SSSR count). The molecule has 6 heteroatoms. The van der Waals surface area contributed by atoms with E-state index in [-0.39, 0.29) is 11.7 Å². The first-order valence-electron chi connectivity index (χ1n) is 4.75. The number of hydrogen-bond acceptors (Lipinski definition) is 4. The molecule has 0 aliphatic heterocycles. The van der Waals surface area contributed by atoms with E-state index in [1.54, 1.807) is 18.2 Å². The lowest BCUT2D eigenvalue weighted by Crippen LogP contribution is -2.13. The van der Waals surface area contributed by atoms with Crippen LogP contribution >= 0.6 is 11.8 Å². The molecule has 0 aliphatic carbocycles. The summed E-state index contributed by atoms with van der Waals surface area (Å²) in [6.45, 7) is 0. The van der Waals surface area contributed by atoms with Crippen molar-refractivity contribution in [2.24, 2.45) is 5.73 Å². The van der Waals surface area contributed by atoms with E-state index < -0.39 is 0 Å². The van der Waals surface area contributed by atoms with Crippen LogP contribution in [0.2, 0.25) is 0 Å². The maximum atomic E-state index is 13.4. The molecular formula is C11H9FN4S. The standard InChI is InChI=1S/C11H9FN4S/c12-7-3-1-2-4-9(7)17-10-6-15-8(5-16-10)11(13)14/h1-6H,(H3,13,14). The van der Waals surface area contributed by atoms with Crippen LogP contribution in [0.4, 0.5) is 4.39 Å². The normalized spacial score (nSPS) is 10.2. The minimum atomic E-state index is -0.296. The van der Waals surface area contributed by atoms with Crippen molar-refractivity contribution >= 4 is 17.6 Å². The smallest absolute Gasteiger partial charge is 0.143 e. The van der Waals surface area contributed by atoms with Crippen molar-refractivity contribution in [1.29, 1.82) is 5.41 Å². The fourth-order valence-electron chi connectivity index (χ4n) is 1.15. The van der Waals surface area contributed by atoms with Crippen LogP contribution in [-0.4, -0.2) is 15.8 Å². The Morgan fingerprint density at radius 1 is 1.24 bits per heavy atom. The zero-order valence-corrected chi connectivity index (χ0v) is 9.54. The first kappa shape index (κ1) is 11.5. The Bertz CT molecular complexity index is 541. The summed E-state index contributed by atoms with van der Waals surface area (Å²) in [5.74, 6) is -0.435. The number of hydrogen-bond donors (Lipinski definition) is 2. The second kappa shape index (κ2) is 4.92. The number of nitrogen functional groups attached to an aromatic ring is 1. The zero-order chi connectivity index (χ0) is 12.3. The van der Waals surface area contributed by atoms with Gasteiger partial charge in [-0.25, -0.2) is 14.4 Å². The summed E-state index contributed by atoms with van der Waals surface area (Å²) in [7, 11) is 0. The van der Waals surface area contributed by atoms with Gasteiger partial charge >= 0.3 is 0 Å². The van der Waals surface area contributed by atoms with Crippen LogP contribution in [0.1, 0.15) is 5.69 Å². The van der Waals surface area contributed by atoms with E-state index in [4.69, 9.17) is 11.1 Å². The average Bonchev–Trinajstić information content (AvgIpc) is 2.33. The topological polar surface area (TPSA) is 75.7 Å². The number of aromatic nitrogens is 2. The predicted molar refractivity (Wildman–Crippen MR) is 63.6 cm³/mol. The van der Waals surface area contributed by atoms with Crippen molar-refractivity contribution in [1.82, 2.24) is 9.97 Å². The SMILES string of the molecule is N=C(N)c1cnc(Sc2ccccc2F)cn1. The summed E-state index contributed by atoms with van der Waals surface area (Å²) < 4.78 is 13.4. The predicted octanol–water partition coefficient (Wildman–Crippen LogP) is 2.05. The molecule has 4 nitrogen and oxygen atoms in total. The van der Waals surface area contributed by atoms with Gasteiger partial charge in [0.25, 0.3) is 0 Å². The van der Waals surface area contributed by atoms with E-state index in [9.17, 15) is 4.39 Å². The van der Waals surface area contributed by atoms with Gasteiger partial charge in [-0.05, 0) is 12.1 Å². The molecule has 17 heavy (non-hydrogen) atoms. The largest absolute Gasteiger partial charge is 0.382 e. The fourth-order valence-corrected chi connectivity index (χ4v) is 1.90. The third kappa shape index (κ3) is 2.79. The van der Waals surface area contributed by atoms with E-state index in [0.717, 1.165) is 0 Å². The first-order chi connectivity index (χ1) is 8.16. The zero-order valence-electron chi connectivity index (χ0n) is 8.72. The van der Waals surface area contributed by atoms with Crippen molar-refractivity contribution in [3.05, 3.63) is 48.2 Å². The molecular weight excluding hydrogens is 239 g/mol. The molecule has 0 radical (unpaired) electrons. The quantitative estimate of drug-likeness (QED) is 0.644. The highest BCUT2D eigenvalue weighted by Crippen LogP contribution is 2.27. The number of rotatable bonds is 3. The summed E-state index contributed by atoms with van der Waals surface area (Å²) in [4.78, 5) is 8.48. The lowest BCUT2D eigenvalue weighted by Gasteiger charge is -2.02. The summed E-state index contributed by atoms with van der Waals surface area (Å²) in [6.07, 6.45) is 2.86. The van der Waals surface area contributed by atoms with Crippen LogP contribution in [0.15, 0.2) is 46.6 Å². The highest BCUT2D eigenvalue weighted by molar-refractivity contribution is 7.99. The molecule has 0 saturated heterocycles. The third-order valence-corrected chi connectivity index (χ3v) is 2.93. The molecule has 3 N–H and O–H groups in total. The lowest BCUT2D eigenvalue weighted by atomic mass is 10.3. The number of nitrogens with one attached hydrogen (secondary N) is 1. The Kier molecular flexibility index (Phi) is 3.34. The highest BCUT2D eigenvalue weighted by Gasteiger charge is 2.05. The van der Waals surface area contributed by atoms with Gasteiger partial charge in [0.15, 0.2) is 0 Å². The van der Waals surface area contributed by atoms with Crippen molar-refractivity contribution in [2.75, 3.05) is 0 Å². The monoisotopic (exact) mass is 248 g/mol. The molecule has 0 fully saturated rings. The Hall–Kier alpha value is -1.95. The molecule has 1 aromatic carbocycles. The van der Waals surface area contributed by atoms with Crippen LogP contribution < -0.4 is 5.73 Å². The molecule has 1 aromatic heterocycles. The average molecular weight is 248 g/mol. The molecule has 0 spiro atoms. The molecule has 1 heterocycles. The Morgan fingerprint density at radius 2 is 2.00 bits per heavy atom. The van der Waals surface area contributed by atoms with Crippen molar-refractivity contribution in [3.63, 3.8) is 0 Å². The molecule has 0 aliphatic rings. The molecule has 0 saturated carbocycles. The van der Waals surface area contributed by atoms with Gasteiger partial charge in [-0.1, -0.05) is 23.9 Å². The summed E-state index contributed by atoms with van der Waals surface area (Å²) in [5, 5.41) is 7.73. The van der Waals surface area contributed by atoms with Gasteiger partial charge in [0.2, 0.25) is 0 Å². The molecule has 86 valence electrons. The van der Waals surface area contributed by atoms with Crippen molar-refractivity contribution < 1.29 is 4.39 Å². The maximum Gasteiger partial charge on any atom is 0.143 e. The Morgan fingerprint density at radius 3 is 2.59 bits per heavy atom. The fraction of sp³-hybridized carbons (Fsp3) is 0. The van der Waals surface area contributed by atoms with Gasteiger partial charge in [-0.15, -0.1) is 0 Å². The molecule has 0 unspecified atom stereocenters. The van der Waals surface area contributed by atoms with E-state index in [1.165, 1.54) is 30.2 Å². The molecule has 0 amide bonds. The maximum absolute atomic E-state index is 13.4. The van der Waals surface area contributed by atoms with Crippen molar-refractivity contribution in [2.45, 2.75) is 9.92 Å². The van der Waals surface area contributed by atoms with Gasteiger partial charge in [0.1, 0.15) is 22.4 Å². The first-order valence-corrected chi connectivity index (χ1v) is 5.57. The van der Waals surface area contributed by atoms with Gasteiger partial charge in [-0.3, -0.25) is 5.41 Å². The van der Waals surface area contributed by atoms with Gasteiger partial charge in [0, 0.05) is 4.90 Å². The van der Waals surface area contributed by atoms with Crippen LogP contribution in [0.5, 0.6) is 0 Å². The Balaban J connectivity index is 2.20. The second-order valence-electron chi connectivity index (χ2n) is 3.19. The Labute approximate surface area is 102 Å². The van der Waals surface area contributed by atoms with E-state index >= 15 is 0 Å². The van der Waals surface area contributed by atoms with E-state index in [2.05, 4.69) is 9.97 Å². The van der Waals surface area contributed by atoms with Gasteiger partial charge in [0.05, 0.1) is 12.4 Å². The molecule has 0 atom stereocenters. The van der Waals surface area contributed by atoms with Crippen LogP contribution in [0.25, 0.3) is 0 Å². The number of benzene rings is 1. The van der Waals surface area contributed by atoms with Crippen LogP contribution in [0.3, 0.4) is 0 Å². The highest BCUT2D eigenvalue weighted by atomic mass is 32.2. The van der Waals surface area contributed by atoms with Crippen LogP contribution in [0, 0.1) is 11.2 Å². The van der Waals surface area contributed by atoms with Crippen LogP contribution in [-0.2, 0) is 0 Å². The van der Waals surface area contributed by atoms with E-state index in [0.29, 0.717) is 15.6 Å². The van der Waals surface area contributed by atoms with Crippen molar-refractivity contribution in [3.8, 4) is 0 Å². The minimum absolute atomic E-state index is 0.139. The molecule has 2 aromatic rings. The van der Waals surface area contributed by atoms with Gasteiger partial charge < -0.3 is 5.73 Å².